The molecule has 1 rings (SSSR count). The van der Waals surface area contributed by atoms with Gasteiger partial charge in [-0.25, -0.2) is 4.79 Å². The first-order valence-corrected chi connectivity index (χ1v) is 4.47. The zero-order chi connectivity index (χ0) is 11.4. The van der Waals surface area contributed by atoms with E-state index >= 15 is 0 Å². The number of carboxylic acid groups (broad SMARTS) is 1. The van der Waals surface area contributed by atoms with E-state index in [0.717, 1.165) is 4.90 Å². The van der Waals surface area contributed by atoms with E-state index in [1.165, 1.54) is 25.3 Å². The summed E-state index contributed by atoms with van der Waals surface area (Å²) in [6.07, 6.45) is -1.04. The molecule has 0 aromatic heterocycles. The summed E-state index contributed by atoms with van der Waals surface area (Å²) in [5.74, 6) is 0.245. The minimum atomic E-state index is -1.04. The molecule has 15 heavy (non-hydrogen) atoms. The molecule has 0 saturated heterocycles. The van der Waals surface area contributed by atoms with Crippen LogP contribution in [-0.4, -0.2) is 30.0 Å². The normalized spacial score (nSPS) is 9.73. The van der Waals surface area contributed by atoms with Crippen molar-refractivity contribution < 1.29 is 19.7 Å². The van der Waals surface area contributed by atoms with Crippen LogP contribution in [0.2, 0.25) is 0 Å². The number of phenols is 1. The van der Waals surface area contributed by atoms with Gasteiger partial charge in [0.15, 0.2) is 11.5 Å². The number of hydrogen-bond donors (Lipinski definition) is 2. The molecule has 0 saturated carbocycles. The predicted molar refractivity (Wildman–Crippen MR) is 55.7 cm³/mol. The summed E-state index contributed by atoms with van der Waals surface area (Å²) in [6, 6.07) is 4.40. The summed E-state index contributed by atoms with van der Waals surface area (Å²) in [5, 5.41) is 18.2. The first-order valence-electron chi connectivity index (χ1n) is 4.47. The van der Waals surface area contributed by atoms with E-state index in [1.54, 1.807) is 6.92 Å². The first-order chi connectivity index (χ1) is 7.10. The molecule has 5 heteroatoms. The highest BCUT2D eigenvalue weighted by atomic mass is 16.5. The van der Waals surface area contributed by atoms with E-state index in [-0.39, 0.29) is 11.5 Å². The van der Waals surface area contributed by atoms with Gasteiger partial charge in [-0.1, -0.05) is 0 Å². The molecule has 1 aromatic rings. The molecule has 1 aromatic carbocycles. The van der Waals surface area contributed by atoms with Gasteiger partial charge in [-0.15, -0.1) is 0 Å². The van der Waals surface area contributed by atoms with Crippen LogP contribution in [0.3, 0.4) is 0 Å². The van der Waals surface area contributed by atoms with Gasteiger partial charge < -0.3 is 14.9 Å². The van der Waals surface area contributed by atoms with Gasteiger partial charge in [0.25, 0.3) is 0 Å². The van der Waals surface area contributed by atoms with Gasteiger partial charge in [0.2, 0.25) is 0 Å². The lowest BCUT2D eigenvalue weighted by atomic mass is 10.2. The van der Waals surface area contributed by atoms with Crippen LogP contribution < -0.4 is 9.64 Å². The quantitative estimate of drug-likeness (QED) is 0.801. The summed E-state index contributed by atoms with van der Waals surface area (Å²) >= 11 is 0. The molecule has 1 amide bonds. The van der Waals surface area contributed by atoms with Crippen LogP contribution in [0.4, 0.5) is 10.5 Å². The molecule has 0 aliphatic rings. The third kappa shape index (κ3) is 2.31. The monoisotopic (exact) mass is 211 g/mol. The van der Waals surface area contributed by atoms with Crippen LogP contribution in [0.15, 0.2) is 18.2 Å². The smallest absolute Gasteiger partial charge is 0.411 e. The van der Waals surface area contributed by atoms with Crippen LogP contribution >= 0.6 is 0 Å². The number of rotatable bonds is 3. The lowest BCUT2D eigenvalue weighted by molar-refractivity contribution is 0.202. The first kappa shape index (κ1) is 11.2. The maximum atomic E-state index is 10.8. The maximum Gasteiger partial charge on any atom is 0.411 e. The second-order valence-electron chi connectivity index (χ2n) is 2.88. The van der Waals surface area contributed by atoms with Crippen molar-refractivity contribution in [2.24, 2.45) is 0 Å². The van der Waals surface area contributed by atoms with Gasteiger partial charge in [0.1, 0.15) is 0 Å². The van der Waals surface area contributed by atoms with Crippen molar-refractivity contribution in [3.05, 3.63) is 18.2 Å². The van der Waals surface area contributed by atoms with Crippen molar-refractivity contribution >= 4 is 11.8 Å². The highest BCUT2D eigenvalue weighted by Gasteiger charge is 2.13. The number of ether oxygens (including phenoxy) is 1. The molecule has 0 aliphatic carbocycles. The molecular formula is C10H13NO4. The molecule has 0 fully saturated rings. The minimum Gasteiger partial charge on any atom is -0.504 e. The molecule has 0 spiro atoms. The number of aromatic hydroxyl groups is 1. The van der Waals surface area contributed by atoms with E-state index in [2.05, 4.69) is 0 Å². The Labute approximate surface area is 87.5 Å². The molecular weight excluding hydrogens is 198 g/mol. The third-order valence-corrected chi connectivity index (χ3v) is 2.02. The molecule has 82 valence electrons. The molecule has 0 atom stereocenters. The van der Waals surface area contributed by atoms with Gasteiger partial charge in [0.05, 0.1) is 12.8 Å². The minimum absolute atomic E-state index is 0.0114. The number of methoxy groups -OCH3 is 1. The number of benzene rings is 1. The van der Waals surface area contributed by atoms with E-state index in [0.29, 0.717) is 12.2 Å². The fourth-order valence-corrected chi connectivity index (χ4v) is 1.26. The van der Waals surface area contributed by atoms with Crippen LogP contribution in [-0.2, 0) is 0 Å². The number of anilines is 1. The molecule has 5 nitrogen and oxygen atoms in total. The molecule has 0 unspecified atom stereocenters. The summed E-state index contributed by atoms with van der Waals surface area (Å²) in [5.41, 5.74) is 0.472. The predicted octanol–water partition coefficient (Wildman–Crippen LogP) is 1.91. The standard InChI is InChI=1S/C10H13NO4/c1-3-11(10(13)14)7-4-5-8(12)9(6-7)15-2/h4-6,12H,3H2,1-2H3,(H,13,14). The maximum absolute atomic E-state index is 10.8. The second kappa shape index (κ2) is 4.54. The Morgan fingerprint density at radius 2 is 2.20 bits per heavy atom. The Hall–Kier alpha value is -1.91. The fourth-order valence-electron chi connectivity index (χ4n) is 1.26. The topological polar surface area (TPSA) is 70.0 Å². The average Bonchev–Trinajstić information content (AvgIpc) is 2.21. The number of hydrogen-bond acceptors (Lipinski definition) is 3. The SMILES string of the molecule is CCN(C(=O)O)c1ccc(O)c(OC)c1. The van der Waals surface area contributed by atoms with Crippen molar-refractivity contribution in [2.75, 3.05) is 18.6 Å². The molecule has 0 bridgehead atoms. The Morgan fingerprint density at radius 3 is 2.67 bits per heavy atom. The molecule has 0 heterocycles. The summed E-state index contributed by atoms with van der Waals surface area (Å²) in [6.45, 7) is 2.07. The highest BCUT2D eigenvalue weighted by molar-refractivity contribution is 5.86. The lowest BCUT2D eigenvalue weighted by Gasteiger charge is -2.17. The number of nitrogens with zero attached hydrogens (tertiary/aromatic N) is 1. The second-order valence-corrected chi connectivity index (χ2v) is 2.88. The van der Waals surface area contributed by atoms with E-state index in [1.807, 2.05) is 0 Å². The van der Waals surface area contributed by atoms with Crippen LogP contribution in [0.5, 0.6) is 11.5 Å². The Balaban J connectivity index is 3.09. The van der Waals surface area contributed by atoms with Crippen molar-refractivity contribution in [1.82, 2.24) is 0 Å². The van der Waals surface area contributed by atoms with Crippen molar-refractivity contribution in [3.63, 3.8) is 0 Å². The number of amides is 1. The third-order valence-electron chi connectivity index (χ3n) is 2.02. The largest absolute Gasteiger partial charge is 0.504 e. The molecule has 0 aliphatic heterocycles. The Bertz CT molecular complexity index is 364. The molecule has 0 radical (unpaired) electrons. The zero-order valence-corrected chi connectivity index (χ0v) is 8.60. The van der Waals surface area contributed by atoms with Gasteiger partial charge in [-0.2, -0.15) is 0 Å². The zero-order valence-electron chi connectivity index (χ0n) is 8.60. The van der Waals surface area contributed by atoms with Crippen molar-refractivity contribution in [2.45, 2.75) is 6.92 Å². The summed E-state index contributed by atoms with van der Waals surface area (Å²) < 4.78 is 4.89. The Morgan fingerprint density at radius 1 is 1.53 bits per heavy atom. The summed E-state index contributed by atoms with van der Waals surface area (Å²) in [7, 11) is 1.41. The van der Waals surface area contributed by atoms with Crippen LogP contribution in [0.1, 0.15) is 6.92 Å². The van der Waals surface area contributed by atoms with E-state index < -0.39 is 6.09 Å². The van der Waals surface area contributed by atoms with Crippen LogP contribution in [0, 0.1) is 0 Å². The fraction of sp³-hybridized carbons (Fsp3) is 0.300. The average molecular weight is 211 g/mol. The van der Waals surface area contributed by atoms with Crippen molar-refractivity contribution in [1.29, 1.82) is 0 Å². The summed E-state index contributed by atoms with van der Waals surface area (Å²) in [4.78, 5) is 12.0. The van der Waals surface area contributed by atoms with Gasteiger partial charge in [-0.3, -0.25) is 4.90 Å². The van der Waals surface area contributed by atoms with Gasteiger partial charge in [0, 0.05) is 12.6 Å². The van der Waals surface area contributed by atoms with Crippen molar-refractivity contribution in [3.8, 4) is 11.5 Å². The van der Waals surface area contributed by atoms with E-state index in [4.69, 9.17) is 9.84 Å². The Kier molecular flexibility index (Phi) is 3.38. The van der Waals surface area contributed by atoms with Gasteiger partial charge >= 0.3 is 6.09 Å². The molecule has 2 N–H and O–H groups in total. The highest BCUT2D eigenvalue weighted by Crippen LogP contribution is 2.30. The van der Waals surface area contributed by atoms with E-state index in [9.17, 15) is 9.90 Å². The van der Waals surface area contributed by atoms with Gasteiger partial charge in [-0.05, 0) is 19.1 Å². The van der Waals surface area contributed by atoms with Crippen LogP contribution in [0.25, 0.3) is 0 Å². The lowest BCUT2D eigenvalue weighted by Crippen LogP contribution is -2.28. The number of carbonyl (C=O) groups is 1. The number of phenolic OH excluding ortho intramolecular Hbond substituents is 1.